The Kier molecular flexibility index (Phi) is 5.07. The summed E-state index contributed by atoms with van der Waals surface area (Å²) in [6.45, 7) is 3.34. The van der Waals surface area contributed by atoms with E-state index in [0.717, 1.165) is 0 Å². The largest absolute Gasteiger partial charge is 0.394 e. The molecule has 0 aromatic heterocycles. The van der Waals surface area contributed by atoms with Crippen molar-refractivity contribution in [1.82, 2.24) is 4.90 Å². The summed E-state index contributed by atoms with van der Waals surface area (Å²) >= 11 is 0. The van der Waals surface area contributed by atoms with E-state index in [2.05, 4.69) is 0 Å². The van der Waals surface area contributed by atoms with Gasteiger partial charge in [0, 0.05) is 12.6 Å². The van der Waals surface area contributed by atoms with E-state index in [9.17, 15) is 4.79 Å². The zero-order valence-corrected chi connectivity index (χ0v) is 8.93. The summed E-state index contributed by atoms with van der Waals surface area (Å²) in [5.74, 6) is -0.0737. The number of aliphatic hydroxyl groups excluding tert-OH is 1. The maximum atomic E-state index is 11.7. The van der Waals surface area contributed by atoms with Crippen molar-refractivity contribution in [3.05, 3.63) is 24.3 Å². The van der Waals surface area contributed by atoms with Crippen LogP contribution in [0.3, 0.4) is 0 Å². The number of hydrogen-bond acceptors (Lipinski definition) is 3. The molecule has 84 valence electrons. The Labute approximate surface area is 89.8 Å². The van der Waals surface area contributed by atoms with Gasteiger partial charge in [-0.15, -0.1) is 0 Å². The first-order valence-electron chi connectivity index (χ1n) is 5.08. The Morgan fingerprint density at radius 1 is 1.60 bits per heavy atom. The molecule has 0 aromatic carbocycles. The number of hydrogen-bond donors (Lipinski definition) is 1. The molecule has 15 heavy (non-hydrogen) atoms. The monoisotopic (exact) mass is 211 g/mol. The van der Waals surface area contributed by atoms with Gasteiger partial charge in [-0.2, -0.15) is 0 Å². The highest BCUT2D eigenvalue weighted by molar-refractivity contribution is 5.88. The lowest BCUT2D eigenvalue weighted by atomic mass is 10.2. The van der Waals surface area contributed by atoms with Crippen molar-refractivity contribution >= 4 is 5.91 Å². The van der Waals surface area contributed by atoms with E-state index in [-0.39, 0.29) is 18.6 Å². The smallest absolute Gasteiger partial charge is 0.247 e. The molecule has 4 nitrogen and oxygen atoms in total. The number of amides is 1. The van der Waals surface area contributed by atoms with Gasteiger partial charge >= 0.3 is 0 Å². The number of allylic oxidation sites excluding steroid dienone is 3. The zero-order chi connectivity index (χ0) is 11.1. The van der Waals surface area contributed by atoms with E-state index in [1.165, 1.54) is 6.08 Å². The fraction of sp³-hybridized carbons (Fsp3) is 0.545. The molecule has 1 unspecified atom stereocenters. The Balaban J connectivity index is 2.55. The third-order valence-corrected chi connectivity index (χ3v) is 2.26. The number of rotatable bonds is 3. The Bertz CT molecular complexity index is 261. The van der Waals surface area contributed by atoms with Crippen LogP contribution in [0.25, 0.3) is 0 Å². The molecular formula is C11H17NO3. The van der Waals surface area contributed by atoms with Crippen LogP contribution in [0.5, 0.6) is 0 Å². The number of ether oxygens (including phenoxy) is 1. The third kappa shape index (κ3) is 3.49. The molecule has 0 radical (unpaired) electrons. The van der Waals surface area contributed by atoms with Crippen LogP contribution in [0.15, 0.2) is 24.3 Å². The predicted molar refractivity (Wildman–Crippen MR) is 57.4 cm³/mol. The lowest BCUT2D eigenvalue weighted by molar-refractivity contribution is -0.136. The molecule has 0 spiro atoms. The van der Waals surface area contributed by atoms with Gasteiger partial charge in [0.25, 0.3) is 0 Å². The van der Waals surface area contributed by atoms with Crippen LogP contribution in [0.2, 0.25) is 0 Å². The summed E-state index contributed by atoms with van der Waals surface area (Å²) in [7, 11) is 0. The van der Waals surface area contributed by atoms with Crippen LogP contribution in [0.1, 0.15) is 6.92 Å². The van der Waals surface area contributed by atoms with Gasteiger partial charge in [-0.05, 0) is 6.92 Å². The number of carbonyl (C=O) groups is 1. The average molecular weight is 211 g/mol. The van der Waals surface area contributed by atoms with E-state index in [1.807, 2.05) is 13.0 Å². The van der Waals surface area contributed by atoms with Gasteiger partial charge in [0.1, 0.15) is 0 Å². The fourth-order valence-corrected chi connectivity index (χ4v) is 1.44. The maximum absolute atomic E-state index is 11.7. The van der Waals surface area contributed by atoms with Gasteiger partial charge in [0.15, 0.2) is 0 Å². The summed E-state index contributed by atoms with van der Waals surface area (Å²) in [6.07, 6.45) is 6.86. The van der Waals surface area contributed by atoms with Gasteiger partial charge in [-0.1, -0.05) is 18.2 Å². The third-order valence-electron chi connectivity index (χ3n) is 2.26. The summed E-state index contributed by atoms with van der Waals surface area (Å²) in [5, 5.41) is 9.07. The van der Waals surface area contributed by atoms with Crippen LogP contribution in [0.4, 0.5) is 0 Å². The predicted octanol–water partition coefficient (Wildman–Crippen LogP) is 0.338. The van der Waals surface area contributed by atoms with Gasteiger partial charge in [0.05, 0.1) is 25.9 Å². The molecule has 0 aromatic rings. The molecule has 1 saturated heterocycles. The van der Waals surface area contributed by atoms with Crippen molar-refractivity contribution < 1.29 is 14.6 Å². The van der Waals surface area contributed by atoms with Crippen LogP contribution < -0.4 is 0 Å². The normalized spacial score (nSPS) is 22.8. The molecule has 1 amide bonds. The van der Waals surface area contributed by atoms with Crippen molar-refractivity contribution in [3.63, 3.8) is 0 Å². The molecule has 0 bridgehead atoms. The molecule has 1 fully saturated rings. The summed E-state index contributed by atoms with van der Waals surface area (Å²) < 4.78 is 5.19. The van der Waals surface area contributed by atoms with Crippen molar-refractivity contribution in [1.29, 1.82) is 0 Å². The van der Waals surface area contributed by atoms with E-state index in [1.54, 1.807) is 17.1 Å². The zero-order valence-electron chi connectivity index (χ0n) is 8.93. The Morgan fingerprint density at radius 2 is 2.40 bits per heavy atom. The van der Waals surface area contributed by atoms with Crippen molar-refractivity contribution in [2.45, 2.75) is 13.0 Å². The molecule has 1 aliphatic rings. The molecule has 1 rings (SSSR count). The number of nitrogens with zero attached hydrogens (tertiary/aromatic N) is 1. The molecule has 0 aliphatic carbocycles. The fourth-order valence-electron chi connectivity index (χ4n) is 1.44. The topological polar surface area (TPSA) is 49.8 Å². The van der Waals surface area contributed by atoms with Crippen LogP contribution in [-0.2, 0) is 9.53 Å². The Morgan fingerprint density at radius 3 is 3.07 bits per heavy atom. The van der Waals surface area contributed by atoms with E-state index >= 15 is 0 Å². The van der Waals surface area contributed by atoms with Crippen LogP contribution >= 0.6 is 0 Å². The minimum atomic E-state index is -0.207. The second-order valence-corrected chi connectivity index (χ2v) is 3.33. The first-order chi connectivity index (χ1) is 7.29. The minimum absolute atomic E-state index is 0.0524. The number of morpholine rings is 1. The van der Waals surface area contributed by atoms with Gasteiger partial charge in [0.2, 0.25) is 5.91 Å². The molecule has 1 N–H and O–H groups in total. The second kappa shape index (κ2) is 6.37. The van der Waals surface area contributed by atoms with E-state index < -0.39 is 0 Å². The summed E-state index contributed by atoms with van der Waals surface area (Å²) in [6, 6.07) is -0.207. The standard InChI is InChI=1S/C11H17NO3/c1-2-3-4-5-11(14)12-6-7-15-9-10(12)8-13/h2-5,10,13H,6-9H2,1H3. The molecule has 1 heterocycles. The van der Waals surface area contributed by atoms with E-state index in [4.69, 9.17) is 9.84 Å². The summed E-state index contributed by atoms with van der Waals surface area (Å²) in [5.41, 5.74) is 0. The first kappa shape index (κ1) is 11.9. The highest BCUT2D eigenvalue weighted by Gasteiger charge is 2.24. The molecule has 1 aliphatic heterocycles. The Hall–Kier alpha value is -1.13. The number of carbonyl (C=O) groups excluding carboxylic acids is 1. The lowest BCUT2D eigenvalue weighted by Gasteiger charge is -2.33. The number of aliphatic hydroxyl groups is 1. The van der Waals surface area contributed by atoms with Gasteiger partial charge in [-0.25, -0.2) is 0 Å². The molecule has 1 atom stereocenters. The molecular weight excluding hydrogens is 194 g/mol. The highest BCUT2D eigenvalue weighted by Crippen LogP contribution is 2.07. The van der Waals surface area contributed by atoms with Gasteiger partial charge < -0.3 is 14.7 Å². The van der Waals surface area contributed by atoms with Crippen molar-refractivity contribution in [2.24, 2.45) is 0 Å². The molecule has 4 heteroatoms. The summed E-state index contributed by atoms with van der Waals surface area (Å²) in [4.78, 5) is 13.3. The highest BCUT2D eigenvalue weighted by atomic mass is 16.5. The maximum Gasteiger partial charge on any atom is 0.247 e. The van der Waals surface area contributed by atoms with Crippen LogP contribution in [0, 0.1) is 0 Å². The minimum Gasteiger partial charge on any atom is -0.394 e. The lowest BCUT2D eigenvalue weighted by Crippen LogP contribution is -2.49. The van der Waals surface area contributed by atoms with Crippen molar-refractivity contribution in [2.75, 3.05) is 26.4 Å². The quantitative estimate of drug-likeness (QED) is 0.541. The van der Waals surface area contributed by atoms with Crippen molar-refractivity contribution in [3.8, 4) is 0 Å². The average Bonchev–Trinajstić information content (AvgIpc) is 2.29. The van der Waals surface area contributed by atoms with Gasteiger partial charge in [-0.3, -0.25) is 4.79 Å². The molecule has 0 saturated carbocycles. The van der Waals surface area contributed by atoms with E-state index in [0.29, 0.717) is 19.8 Å². The second-order valence-electron chi connectivity index (χ2n) is 3.33. The van der Waals surface area contributed by atoms with Crippen LogP contribution in [-0.4, -0.2) is 48.3 Å². The first-order valence-corrected chi connectivity index (χ1v) is 5.08. The SMILES string of the molecule is CC=CC=CC(=O)N1CCOCC1CO.